The first-order valence-corrected chi connectivity index (χ1v) is 6.84. The predicted molar refractivity (Wildman–Crippen MR) is 84.4 cm³/mol. The molecule has 0 saturated heterocycles. The average Bonchev–Trinajstić information content (AvgIpc) is 2.79. The van der Waals surface area contributed by atoms with Crippen LogP contribution in [-0.4, -0.2) is 15.5 Å². The lowest BCUT2D eigenvalue weighted by molar-refractivity contribution is 0.1000. The first-order valence-electron chi connectivity index (χ1n) is 6.46. The fourth-order valence-electron chi connectivity index (χ4n) is 2.56. The van der Waals surface area contributed by atoms with Gasteiger partial charge in [-0.05, 0) is 24.3 Å². The van der Waals surface area contributed by atoms with Crippen molar-refractivity contribution in [3.05, 3.63) is 52.8 Å². The number of rotatable bonds is 2. The number of aromatic nitrogens is 2. The number of fused-ring (bicyclic) bond motifs is 1. The Bertz CT molecular complexity index is 953. The Kier molecular flexibility index (Phi) is 3.32. The lowest BCUT2D eigenvalue weighted by Gasteiger charge is -2.06. The van der Waals surface area contributed by atoms with E-state index in [1.807, 2.05) is 17.7 Å². The molecule has 3 aromatic rings. The van der Waals surface area contributed by atoms with Crippen LogP contribution in [0.15, 0.2) is 36.7 Å². The smallest absolute Gasteiger partial charge is 0.250 e. The highest BCUT2D eigenvalue weighted by Crippen LogP contribution is 2.33. The lowest BCUT2D eigenvalue weighted by atomic mass is 10.1. The van der Waals surface area contributed by atoms with E-state index >= 15 is 0 Å². The fraction of sp³-hybridized carbons (Fsp3) is 0.0625. The number of benzene rings is 1. The molecule has 0 aliphatic heterocycles. The molecular formula is C16H11ClN4O. The van der Waals surface area contributed by atoms with Crippen LogP contribution in [0, 0.1) is 11.3 Å². The van der Waals surface area contributed by atoms with E-state index in [9.17, 15) is 10.1 Å². The van der Waals surface area contributed by atoms with Crippen LogP contribution in [0.5, 0.6) is 0 Å². The van der Waals surface area contributed by atoms with Crippen molar-refractivity contribution in [3.63, 3.8) is 0 Å². The third-order valence-electron chi connectivity index (χ3n) is 3.57. The van der Waals surface area contributed by atoms with Crippen molar-refractivity contribution in [3.8, 4) is 17.3 Å². The Morgan fingerprint density at radius 2 is 2.14 bits per heavy atom. The van der Waals surface area contributed by atoms with Crippen LogP contribution in [0.2, 0.25) is 5.02 Å². The quantitative estimate of drug-likeness (QED) is 0.789. The fourth-order valence-corrected chi connectivity index (χ4v) is 2.73. The van der Waals surface area contributed by atoms with Gasteiger partial charge in [0.25, 0.3) is 0 Å². The van der Waals surface area contributed by atoms with E-state index in [1.54, 1.807) is 24.4 Å². The minimum atomic E-state index is -0.560. The number of nitrogens with two attached hydrogens (primary N) is 1. The molecule has 0 aliphatic carbocycles. The number of primary amides is 1. The molecular weight excluding hydrogens is 300 g/mol. The summed E-state index contributed by atoms with van der Waals surface area (Å²) in [5.41, 5.74) is 8.27. The second kappa shape index (κ2) is 5.17. The summed E-state index contributed by atoms with van der Waals surface area (Å²) in [5, 5.41) is 10.9. The van der Waals surface area contributed by atoms with Gasteiger partial charge in [-0.1, -0.05) is 11.6 Å². The monoisotopic (exact) mass is 310 g/mol. The van der Waals surface area contributed by atoms with Crippen LogP contribution in [0.25, 0.3) is 22.2 Å². The minimum Gasteiger partial charge on any atom is -0.366 e. The molecule has 0 spiro atoms. The Morgan fingerprint density at radius 1 is 1.36 bits per heavy atom. The Hall–Kier alpha value is -2.84. The highest BCUT2D eigenvalue weighted by atomic mass is 35.5. The van der Waals surface area contributed by atoms with Crippen molar-refractivity contribution in [1.82, 2.24) is 9.55 Å². The van der Waals surface area contributed by atoms with Gasteiger partial charge in [0, 0.05) is 35.4 Å². The molecule has 0 bridgehead atoms. The molecule has 0 atom stereocenters. The number of nitriles is 1. The number of halogens is 1. The SMILES string of the molecule is Cn1c(-c2cncc(C(N)=O)c2)c(C#N)c2ccc(Cl)cc21. The number of pyridine rings is 1. The summed E-state index contributed by atoms with van der Waals surface area (Å²) in [6.45, 7) is 0. The predicted octanol–water partition coefficient (Wildman–Crippen LogP) is 2.86. The van der Waals surface area contributed by atoms with Crippen LogP contribution in [0.3, 0.4) is 0 Å². The Balaban J connectivity index is 2.36. The third-order valence-corrected chi connectivity index (χ3v) is 3.81. The standard InChI is InChI=1S/C16H11ClN4O/c1-21-14-5-11(17)2-3-12(14)13(6-18)15(21)9-4-10(16(19)22)8-20-7-9/h2-5,7-8H,1H3,(H2,19,22). The maximum absolute atomic E-state index is 11.3. The van der Waals surface area contributed by atoms with Crippen molar-refractivity contribution >= 4 is 28.4 Å². The molecule has 2 heterocycles. The van der Waals surface area contributed by atoms with Crippen molar-refractivity contribution < 1.29 is 4.79 Å². The summed E-state index contributed by atoms with van der Waals surface area (Å²) in [7, 11) is 1.84. The van der Waals surface area contributed by atoms with Gasteiger partial charge in [0.1, 0.15) is 6.07 Å². The molecule has 6 heteroatoms. The molecule has 1 amide bonds. The summed E-state index contributed by atoms with van der Waals surface area (Å²) in [4.78, 5) is 15.4. The van der Waals surface area contributed by atoms with Crippen molar-refractivity contribution in [1.29, 1.82) is 5.26 Å². The second-order valence-corrected chi connectivity index (χ2v) is 5.32. The van der Waals surface area contributed by atoms with Crippen molar-refractivity contribution in [2.75, 3.05) is 0 Å². The molecule has 0 unspecified atom stereocenters. The lowest BCUT2D eigenvalue weighted by Crippen LogP contribution is -2.11. The second-order valence-electron chi connectivity index (χ2n) is 4.88. The largest absolute Gasteiger partial charge is 0.366 e. The first kappa shape index (κ1) is 14.1. The molecule has 5 nitrogen and oxygen atoms in total. The van der Waals surface area contributed by atoms with Gasteiger partial charge >= 0.3 is 0 Å². The summed E-state index contributed by atoms with van der Waals surface area (Å²) in [6.07, 6.45) is 3.00. The zero-order chi connectivity index (χ0) is 15.9. The summed E-state index contributed by atoms with van der Waals surface area (Å²) in [5.74, 6) is -0.560. The van der Waals surface area contributed by atoms with Gasteiger partial charge in [-0.25, -0.2) is 0 Å². The van der Waals surface area contributed by atoms with E-state index in [1.165, 1.54) is 6.20 Å². The molecule has 0 radical (unpaired) electrons. The van der Waals surface area contributed by atoms with Crippen molar-refractivity contribution in [2.45, 2.75) is 0 Å². The van der Waals surface area contributed by atoms with Gasteiger partial charge in [-0.2, -0.15) is 5.26 Å². The molecule has 108 valence electrons. The number of amides is 1. The Morgan fingerprint density at radius 3 is 2.82 bits per heavy atom. The van der Waals surface area contributed by atoms with E-state index in [4.69, 9.17) is 17.3 Å². The Labute approximate surface area is 131 Å². The zero-order valence-corrected chi connectivity index (χ0v) is 12.4. The number of carbonyl (C=O) groups excluding carboxylic acids is 1. The molecule has 2 N–H and O–H groups in total. The molecule has 0 aliphatic rings. The first-order chi connectivity index (χ1) is 10.5. The van der Waals surface area contributed by atoms with Crippen LogP contribution in [-0.2, 0) is 7.05 Å². The average molecular weight is 311 g/mol. The number of aryl methyl sites for hydroxylation is 1. The number of nitrogens with zero attached hydrogens (tertiary/aromatic N) is 3. The van der Waals surface area contributed by atoms with Gasteiger partial charge in [0.05, 0.1) is 22.3 Å². The third kappa shape index (κ3) is 2.10. The number of hydrogen-bond acceptors (Lipinski definition) is 3. The zero-order valence-electron chi connectivity index (χ0n) is 11.7. The van der Waals surface area contributed by atoms with Crippen LogP contribution >= 0.6 is 11.6 Å². The summed E-state index contributed by atoms with van der Waals surface area (Å²) < 4.78 is 1.86. The normalized spacial score (nSPS) is 10.6. The van der Waals surface area contributed by atoms with Gasteiger partial charge in [-0.3, -0.25) is 9.78 Å². The van der Waals surface area contributed by atoms with Gasteiger partial charge in [-0.15, -0.1) is 0 Å². The summed E-state index contributed by atoms with van der Waals surface area (Å²) >= 11 is 6.04. The highest BCUT2D eigenvalue weighted by molar-refractivity contribution is 6.31. The molecule has 2 aromatic heterocycles. The highest BCUT2D eigenvalue weighted by Gasteiger charge is 2.18. The number of hydrogen-bond donors (Lipinski definition) is 1. The molecule has 3 rings (SSSR count). The van der Waals surface area contributed by atoms with Gasteiger partial charge < -0.3 is 10.3 Å². The van der Waals surface area contributed by atoms with Gasteiger partial charge in [0.2, 0.25) is 5.91 Å². The van der Waals surface area contributed by atoms with E-state index in [-0.39, 0.29) is 0 Å². The molecule has 0 fully saturated rings. The topological polar surface area (TPSA) is 84.7 Å². The minimum absolute atomic E-state index is 0.296. The van der Waals surface area contributed by atoms with E-state index in [0.29, 0.717) is 27.4 Å². The molecule has 22 heavy (non-hydrogen) atoms. The number of carbonyl (C=O) groups is 1. The van der Waals surface area contributed by atoms with Crippen LogP contribution < -0.4 is 5.73 Å². The summed E-state index contributed by atoms with van der Waals surface area (Å²) in [6, 6.07) is 9.20. The van der Waals surface area contributed by atoms with Crippen LogP contribution in [0.4, 0.5) is 0 Å². The van der Waals surface area contributed by atoms with Crippen LogP contribution in [0.1, 0.15) is 15.9 Å². The van der Waals surface area contributed by atoms with E-state index in [2.05, 4.69) is 11.1 Å². The molecule has 0 saturated carbocycles. The van der Waals surface area contributed by atoms with Gasteiger partial charge in [0.15, 0.2) is 0 Å². The maximum atomic E-state index is 11.3. The van der Waals surface area contributed by atoms with E-state index < -0.39 is 5.91 Å². The van der Waals surface area contributed by atoms with Crippen molar-refractivity contribution in [2.24, 2.45) is 12.8 Å². The maximum Gasteiger partial charge on any atom is 0.250 e. The van der Waals surface area contributed by atoms with E-state index in [0.717, 1.165) is 10.9 Å². The molecule has 1 aromatic carbocycles.